The molecule has 2 aromatic carbocycles. The predicted octanol–water partition coefficient (Wildman–Crippen LogP) is 3.30. The van der Waals surface area contributed by atoms with E-state index in [0.29, 0.717) is 44.1 Å². The molecule has 0 aliphatic carbocycles. The Kier molecular flexibility index (Phi) is 7.59. The second-order valence-electron chi connectivity index (χ2n) is 8.11. The van der Waals surface area contributed by atoms with Gasteiger partial charge in [-0.25, -0.2) is 9.79 Å². The van der Waals surface area contributed by atoms with Crippen molar-refractivity contribution in [2.45, 2.75) is 32.7 Å². The van der Waals surface area contributed by atoms with E-state index in [1.807, 2.05) is 6.92 Å². The fraction of sp³-hybridized carbons (Fsp3) is 0.296. The molecule has 8 nitrogen and oxygen atoms in total. The molecular formula is C27H28N2O6S. The fourth-order valence-electron chi connectivity index (χ4n) is 4.19. The van der Waals surface area contributed by atoms with Gasteiger partial charge in [-0.15, -0.1) is 0 Å². The highest BCUT2D eigenvalue weighted by Crippen LogP contribution is 2.38. The first-order valence-corrected chi connectivity index (χ1v) is 12.5. The van der Waals surface area contributed by atoms with E-state index in [2.05, 4.69) is 0 Å². The molecule has 0 unspecified atom stereocenters. The third-order valence-corrected chi connectivity index (χ3v) is 6.80. The molecule has 3 aromatic rings. The SMILES string of the molecule is CCCC1=C(C(=O)OCC)[C@@H](c2cc(OC)ccc2OC)n2c(s/c(=C\c3ccc(O)cc3)c2=O)=N1. The molecule has 0 saturated carbocycles. The summed E-state index contributed by atoms with van der Waals surface area (Å²) in [6.07, 6.45) is 3.04. The van der Waals surface area contributed by atoms with E-state index < -0.39 is 12.0 Å². The molecule has 0 bridgehead atoms. The lowest BCUT2D eigenvalue weighted by Gasteiger charge is -2.27. The zero-order valence-corrected chi connectivity index (χ0v) is 21.4. The predicted molar refractivity (Wildman–Crippen MR) is 137 cm³/mol. The molecule has 1 N–H and O–H groups in total. The maximum Gasteiger partial charge on any atom is 0.338 e. The first kappa shape index (κ1) is 25.2. The molecule has 1 atom stereocenters. The number of fused-ring (bicyclic) bond motifs is 1. The molecule has 9 heteroatoms. The van der Waals surface area contributed by atoms with Crippen LogP contribution in [-0.2, 0) is 9.53 Å². The maximum atomic E-state index is 13.8. The highest BCUT2D eigenvalue weighted by Gasteiger charge is 2.36. The number of aromatic hydroxyl groups is 1. The maximum absolute atomic E-state index is 13.8. The lowest BCUT2D eigenvalue weighted by atomic mass is 9.93. The van der Waals surface area contributed by atoms with E-state index in [0.717, 1.165) is 12.0 Å². The molecule has 2 heterocycles. The first-order valence-electron chi connectivity index (χ1n) is 11.6. The number of rotatable bonds is 8. The van der Waals surface area contributed by atoms with Crippen molar-refractivity contribution in [3.63, 3.8) is 0 Å². The Morgan fingerprint density at radius 3 is 2.53 bits per heavy atom. The van der Waals surface area contributed by atoms with Gasteiger partial charge in [0.05, 0.1) is 36.6 Å². The van der Waals surface area contributed by atoms with Gasteiger partial charge in [-0.3, -0.25) is 9.36 Å². The lowest BCUT2D eigenvalue weighted by molar-refractivity contribution is -0.139. The van der Waals surface area contributed by atoms with Crippen molar-refractivity contribution in [1.82, 2.24) is 4.57 Å². The number of hydrogen-bond acceptors (Lipinski definition) is 8. The molecule has 1 aliphatic rings. The van der Waals surface area contributed by atoms with Crippen LogP contribution in [0.4, 0.5) is 0 Å². The molecule has 0 spiro atoms. The number of phenols is 1. The number of benzene rings is 2. The number of carbonyl (C=O) groups excluding carboxylic acids is 1. The fourth-order valence-corrected chi connectivity index (χ4v) is 5.21. The Hall–Kier alpha value is -3.85. The smallest absolute Gasteiger partial charge is 0.338 e. The van der Waals surface area contributed by atoms with Crippen molar-refractivity contribution in [2.75, 3.05) is 20.8 Å². The minimum absolute atomic E-state index is 0.141. The van der Waals surface area contributed by atoms with Crippen LogP contribution >= 0.6 is 11.3 Å². The summed E-state index contributed by atoms with van der Waals surface area (Å²) in [5, 5.41) is 9.60. The Morgan fingerprint density at radius 1 is 1.14 bits per heavy atom. The van der Waals surface area contributed by atoms with Crippen LogP contribution in [0.5, 0.6) is 17.2 Å². The molecule has 36 heavy (non-hydrogen) atoms. The summed E-state index contributed by atoms with van der Waals surface area (Å²) in [5.41, 5.74) is 1.96. The number of thiazole rings is 1. The molecule has 0 saturated heterocycles. The Labute approximate surface area is 212 Å². The Bertz CT molecular complexity index is 1480. The van der Waals surface area contributed by atoms with Gasteiger partial charge in [0.25, 0.3) is 5.56 Å². The van der Waals surface area contributed by atoms with Crippen LogP contribution in [0.25, 0.3) is 6.08 Å². The number of nitrogens with zero attached hydrogens (tertiary/aromatic N) is 2. The van der Waals surface area contributed by atoms with E-state index in [-0.39, 0.29) is 17.9 Å². The Morgan fingerprint density at radius 2 is 1.89 bits per heavy atom. The van der Waals surface area contributed by atoms with Crippen LogP contribution in [0.3, 0.4) is 0 Å². The van der Waals surface area contributed by atoms with Crippen LogP contribution in [0, 0.1) is 0 Å². The van der Waals surface area contributed by atoms with Gasteiger partial charge in [0.2, 0.25) is 0 Å². The second kappa shape index (κ2) is 10.8. The van der Waals surface area contributed by atoms with Gasteiger partial charge in [-0.2, -0.15) is 0 Å². The van der Waals surface area contributed by atoms with Crippen molar-refractivity contribution in [2.24, 2.45) is 4.99 Å². The number of allylic oxidation sites excluding steroid dienone is 1. The molecular weight excluding hydrogens is 480 g/mol. The number of carbonyl (C=O) groups is 1. The van der Waals surface area contributed by atoms with E-state index in [1.54, 1.807) is 69.7 Å². The quantitative estimate of drug-likeness (QED) is 0.469. The topological polar surface area (TPSA) is 99.4 Å². The summed E-state index contributed by atoms with van der Waals surface area (Å²) in [6, 6.07) is 11.0. The van der Waals surface area contributed by atoms with Crippen LogP contribution in [-0.4, -0.2) is 36.5 Å². The van der Waals surface area contributed by atoms with Crippen molar-refractivity contribution >= 4 is 23.4 Å². The summed E-state index contributed by atoms with van der Waals surface area (Å²) >= 11 is 1.25. The minimum atomic E-state index is -0.811. The van der Waals surface area contributed by atoms with E-state index in [4.69, 9.17) is 19.2 Å². The van der Waals surface area contributed by atoms with Gasteiger partial charge >= 0.3 is 5.97 Å². The summed E-state index contributed by atoms with van der Waals surface area (Å²) in [6.45, 7) is 3.94. The molecule has 0 amide bonds. The molecule has 4 rings (SSSR count). The minimum Gasteiger partial charge on any atom is -0.508 e. The normalized spacial score (nSPS) is 15.3. The average Bonchev–Trinajstić information content (AvgIpc) is 3.18. The van der Waals surface area contributed by atoms with E-state index in [9.17, 15) is 14.7 Å². The van der Waals surface area contributed by atoms with Crippen molar-refractivity contribution in [1.29, 1.82) is 0 Å². The van der Waals surface area contributed by atoms with Gasteiger partial charge in [0.15, 0.2) is 4.80 Å². The first-order chi connectivity index (χ1) is 17.4. The van der Waals surface area contributed by atoms with Gasteiger partial charge < -0.3 is 19.3 Å². The van der Waals surface area contributed by atoms with Gasteiger partial charge in [-0.1, -0.05) is 36.8 Å². The van der Waals surface area contributed by atoms with E-state index >= 15 is 0 Å². The van der Waals surface area contributed by atoms with Crippen molar-refractivity contribution < 1.29 is 24.1 Å². The number of ether oxygens (including phenoxy) is 3. The molecule has 1 aromatic heterocycles. The summed E-state index contributed by atoms with van der Waals surface area (Å²) in [4.78, 5) is 32.4. The molecule has 1 aliphatic heterocycles. The standard InChI is InChI=1S/C27H28N2O6S/c1-5-7-20-23(26(32)35-6-2)24(19-15-18(33-3)12-13-21(19)34-4)29-25(31)22(36-27(29)28-20)14-16-8-10-17(30)11-9-16/h8-15,24,30H,5-7H2,1-4H3/b22-14-/t24-/m1/s1. The number of phenolic OH excluding ortho intramolecular Hbond substituents is 1. The summed E-state index contributed by atoms with van der Waals surface area (Å²) < 4.78 is 18.5. The van der Waals surface area contributed by atoms with Crippen LogP contribution in [0.2, 0.25) is 0 Å². The zero-order chi connectivity index (χ0) is 25.8. The van der Waals surface area contributed by atoms with Gasteiger partial charge in [-0.05, 0) is 55.3 Å². The largest absolute Gasteiger partial charge is 0.508 e. The van der Waals surface area contributed by atoms with Crippen LogP contribution in [0.15, 0.2) is 63.5 Å². The van der Waals surface area contributed by atoms with E-state index in [1.165, 1.54) is 15.9 Å². The highest BCUT2D eigenvalue weighted by molar-refractivity contribution is 7.07. The molecule has 188 valence electrons. The molecule has 0 radical (unpaired) electrons. The number of hydrogen-bond donors (Lipinski definition) is 1. The summed E-state index contributed by atoms with van der Waals surface area (Å²) in [7, 11) is 3.10. The third kappa shape index (κ3) is 4.79. The second-order valence-corrected chi connectivity index (χ2v) is 9.12. The van der Waals surface area contributed by atoms with Crippen LogP contribution < -0.4 is 24.4 Å². The number of esters is 1. The van der Waals surface area contributed by atoms with Gasteiger partial charge in [0, 0.05) is 5.56 Å². The summed E-state index contributed by atoms with van der Waals surface area (Å²) in [5.74, 6) is 0.692. The van der Waals surface area contributed by atoms with Gasteiger partial charge in [0.1, 0.15) is 23.3 Å². The third-order valence-electron chi connectivity index (χ3n) is 5.81. The molecule has 0 fully saturated rings. The monoisotopic (exact) mass is 508 g/mol. The average molecular weight is 509 g/mol. The number of aromatic nitrogens is 1. The lowest BCUT2D eigenvalue weighted by Crippen LogP contribution is -2.40. The Balaban J connectivity index is 2.05. The van der Waals surface area contributed by atoms with Crippen LogP contribution in [0.1, 0.15) is 43.9 Å². The number of methoxy groups -OCH3 is 2. The highest BCUT2D eigenvalue weighted by atomic mass is 32.1. The van der Waals surface area contributed by atoms with Crippen molar-refractivity contribution in [3.05, 3.63) is 84.5 Å². The van der Waals surface area contributed by atoms with Crippen molar-refractivity contribution in [3.8, 4) is 17.2 Å². The zero-order valence-electron chi connectivity index (χ0n) is 20.6.